The van der Waals surface area contributed by atoms with Crippen LogP contribution in [0.2, 0.25) is 0 Å². The van der Waals surface area contributed by atoms with Crippen LogP contribution in [0.3, 0.4) is 0 Å². The van der Waals surface area contributed by atoms with Gasteiger partial charge in [-0.3, -0.25) is 0 Å². The van der Waals surface area contributed by atoms with E-state index in [4.69, 9.17) is 0 Å². The van der Waals surface area contributed by atoms with Crippen molar-refractivity contribution < 1.29 is 0 Å². The number of unbranched alkanes of at least 4 members (excludes halogenated alkanes) is 1. The summed E-state index contributed by atoms with van der Waals surface area (Å²) in [6.07, 6.45) is 8.10. The molecular formula is C13H27Br. The lowest BCUT2D eigenvalue weighted by Gasteiger charge is -2.38. The third kappa shape index (κ3) is 3.56. The maximum atomic E-state index is 3.75. The molecule has 0 aliphatic rings. The second kappa shape index (κ2) is 7.73. The van der Waals surface area contributed by atoms with Gasteiger partial charge in [-0.15, -0.1) is 0 Å². The van der Waals surface area contributed by atoms with Crippen LogP contribution in [0.15, 0.2) is 0 Å². The zero-order valence-electron chi connectivity index (χ0n) is 10.4. The first-order chi connectivity index (χ1) is 6.70. The fraction of sp³-hybridized carbons (Fsp3) is 1.00. The van der Waals surface area contributed by atoms with Gasteiger partial charge in [-0.25, -0.2) is 0 Å². The summed E-state index contributed by atoms with van der Waals surface area (Å²) in [7, 11) is 0. The summed E-state index contributed by atoms with van der Waals surface area (Å²) in [5.41, 5.74) is 0.569. The third-order valence-corrected chi connectivity index (χ3v) is 4.97. The van der Waals surface area contributed by atoms with Crippen molar-refractivity contribution in [1.29, 1.82) is 0 Å². The van der Waals surface area contributed by atoms with Gasteiger partial charge in [0.15, 0.2) is 0 Å². The minimum absolute atomic E-state index is 0.569. The molecule has 0 fully saturated rings. The Morgan fingerprint density at radius 1 is 1.07 bits per heavy atom. The molecule has 0 radical (unpaired) electrons. The van der Waals surface area contributed by atoms with E-state index >= 15 is 0 Å². The van der Waals surface area contributed by atoms with E-state index in [9.17, 15) is 0 Å². The second-order valence-corrected chi connectivity index (χ2v) is 5.03. The molecule has 0 rings (SSSR count). The Morgan fingerprint density at radius 3 is 1.93 bits per heavy atom. The van der Waals surface area contributed by atoms with Gasteiger partial charge < -0.3 is 0 Å². The van der Waals surface area contributed by atoms with E-state index in [1.54, 1.807) is 0 Å². The molecule has 0 aliphatic carbocycles. The molecule has 0 spiro atoms. The normalized spacial score (nSPS) is 15.9. The average molecular weight is 263 g/mol. The van der Waals surface area contributed by atoms with Gasteiger partial charge in [-0.1, -0.05) is 69.3 Å². The zero-order valence-corrected chi connectivity index (χ0v) is 12.0. The van der Waals surface area contributed by atoms with Crippen molar-refractivity contribution in [2.24, 2.45) is 11.3 Å². The van der Waals surface area contributed by atoms with Crippen LogP contribution in [0.4, 0.5) is 0 Å². The van der Waals surface area contributed by atoms with E-state index in [2.05, 4.69) is 43.6 Å². The largest absolute Gasteiger partial charge is 0.0922 e. The summed E-state index contributed by atoms with van der Waals surface area (Å²) in [6.45, 7) is 9.33. The number of alkyl halides is 1. The molecule has 0 aromatic carbocycles. The summed E-state index contributed by atoms with van der Waals surface area (Å²) in [5.74, 6) is 0.901. The maximum Gasteiger partial charge on any atom is 0.00905 e. The second-order valence-electron chi connectivity index (χ2n) is 4.47. The Morgan fingerprint density at radius 2 is 1.64 bits per heavy atom. The van der Waals surface area contributed by atoms with Crippen molar-refractivity contribution >= 4 is 15.9 Å². The first-order valence-corrected chi connectivity index (χ1v) is 7.38. The summed E-state index contributed by atoms with van der Waals surface area (Å²) in [5, 5.41) is 1.18. The minimum atomic E-state index is 0.569. The summed E-state index contributed by atoms with van der Waals surface area (Å²) in [4.78, 5) is 0. The standard InChI is InChI=1S/C13H27Br/c1-5-9-10-13(8-4,11-14)12(6-2)7-3/h12H,5-11H2,1-4H3. The first kappa shape index (κ1) is 14.5. The molecule has 1 atom stereocenters. The SMILES string of the molecule is CCCCC(CC)(CBr)C(CC)CC. The summed E-state index contributed by atoms with van der Waals surface area (Å²) >= 11 is 3.75. The molecule has 0 aromatic heterocycles. The quantitative estimate of drug-likeness (QED) is 0.514. The highest BCUT2D eigenvalue weighted by molar-refractivity contribution is 9.09. The average Bonchev–Trinajstić information content (AvgIpc) is 2.24. The highest BCUT2D eigenvalue weighted by Crippen LogP contribution is 2.42. The summed E-state index contributed by atoms with van der Waals surface area (Å²) in [6, 6.07) is 0. The van der Waals surface area contributed by atoms with Crippen molar-refractivity contribution in [3.05, 3.63) is 0 Å². The van der Waals surface area contributed by atoms with Crippen molar-refractivity contribution in [1.82, 2.24) is 0 Å². The van der Waals surface area contributed by atoms with Crippen molar-refractivity contribution in [3.8, 4) is 0 Å². The van der Waals surface area contributed by atoms with Crippen LogP contribution in [0, 0.1) is 11.3 Å². The van der Waals surface area contributed by atoms with Crippen LogP contribution in [0.25, 0.3) is 0 Å². The predicted molar refractivity (Wildman–Crippen MR) is 70.1 cm³/mol. The molecule has 0 saturated heterocycles. The molecule has 0 bridgehead atoms. The van der Waals surface area contributed by atoms with Crippen LogP contribution in [0.1, 0.15) is 66.2 Å². The number of hydrogen-bond donors (Lipinski definition) is 0. The van der Waals surface area contributed by atoms with E-state index < -0.39 is 0 Å². The third-order valence-electron chi connectivity index (χ3n) is 3.85. The number of rotatable bonds is 8. The van der Waals surface area contributed by atoms with Crippen LogP contribution in [-0.4, -0.2) is 5.33 Å². The molecule has 0 amide bonds. The predicted octanol–water partition coefficient (Wildman–Crippen LogP) is 5.40. The molecule has 0 saturated carbocycles. The monoisotopic (exact) mass is 262 g/mol. The Hall–Kier alpha value is 0.480. The fourth-order valence-electron chi connectivity index (χ4n) is 2.62. The highest BCUT2D eigenvalue weighted by atomic mass is 79.9. The number of hydrogen-bond acceptors (Lipinski definition) is 0. The van der Waals surface area contributed by atoms with Crippen LogP contribution in [0.5, 0.6) is 0 Å². The molecule has 0 aliphatic heterocycles. The van der Waals surface area contributed by atoms with Gasteiger partial charge in [0.1, 0.15) is 0 Å². The summed E-state index contributed by atoms with van der Waals surface area (Å²) < 4.78 is 0. The van der Waals surface area contributed by atoms with Crippen LogP contribution >= 0.6 is 15.9 Å². The van der Waals surface area contributed by atoms with Crippen molar-refractivity contribution in [2.75, 3.05) is 5.33 Å². The van der Waals surface area contributed by atoms with Gasteiger partial charge in [0.05, 0.1) is 0 Å². The zero-order chi connectivity index (χ0) is 11.0. The van der Waals surface area contributed by atoms with Gasteiger partial charge in [-0.2, -0.15) is 0 Å². The van der Waals surface area contributed by atoms with Gasteiger partial charge >= 0.3 is 0 Å². The van der Waals surface area contributed by atoms with Crippen LogP contribution < -0.4 is 0 Å². The molecule has 1 heteroatoms. The molecule has 0 nitrogen and oxygen atoms in total. The first-order valence-electron chi connectivity index (χ1n) is 6.26. The molecule has 86 valence electrons. The Balaban J connectivity index is 4.47. The fourth-order valence-corrected chi connectivity index (χ4v) is 3.76. The molecule has 0 heterocycles. The smallest absolute Gasteiger partial charge is 0.00905 e. The lowest BCUT2D eigenvalue weighted by Crippen LogP contribution is -2.31. The van der Waals surface area contributed by atoms with Gasteiger partial charge in [0.2, 0.25) is 0 Å². The molecule has 1 unspecified atom stereocenters. The van der Waals surface area contributed by atoms with E-state index in [1.165, 1.54) is 43.9 Å². The van der Waals surface area contributed by atoms with E-state index in [0.717, 1.165) is 5.92 Å². The molecule has 0 N–H and O–H groups in total. The van der Waals surface area contributed by atoms with E-state index in [1.807, 2.05) is 0 Å². The van der Waals surface area contributed by atoms with Gasteiger partial charge in [0.25, 0.3) is 0 Å². The van der Waals surface area contributed by atoms with Gasteiger partial charge in [-0.05, 0) is 24.2 Å². The lowest BCUT2D eigenvalue weighted by molar-refractivity contribution is 0.154. The minimum Gasteiger partial charge on any atom is -0.0922 e. The topological polar surface area (TPSA) is 0 Å². The molecule has 0 aromatic rings. The van der Waals surface area contributed by atoms with Gasteiger partial charge in [0, 0.05) is 5.33 Å². The lowest BCUT2D eigenvalue weighted by atomic mass is 9.69. The van der Waals surface area contributed by atoms with Crippen molar-refractivity contribution in [2.45, 2.75) is 66.2 Å². The highest BCUT2D eigenvalue weighted by Gasteiger charge is 2.33. The maximum absolute atomic E-state index is 3.75. The van der Waals surface area contributed by atoms with E-state index in [0.29, 0.717) is 5.41 Å². The molecular weight excluding hydrogens is 236 g/mol. The Labute approximate surface area is 99.0 Å². The molecule has 14 heavy (non-hydrogen) atoms. The Kier molecular flexibility index (Phi) is 8.00. The van der Waals surface area contributed by atoms with Crippen molar-refractivity contribution in [3.63, 3.8) is 0 Å². The Bertz CT molecular complexity index is 123. The number of halogens is 1. The van der Waals surface area contributed by atoms with Crippen LogP contribution in [-0.2, 0) is 0 Å². The van der Waals surface area contributed by atoms with E-state index in [-0.39, 0.29) is 0 Å².